The molecule has 0 atom stereocenters. The summed E-state index contributed by atoms with van der Waals surface area (Å²) in [4.78, 5) is 39.5. The van der Waals surface area contributed by atoms with Crippen molar-refractivity contribution in [2.24, 2.45) is 0 Å². The van der Waals surface area contributed by atoms with Crippen LogP contribution >= 0.6 is 0 Å². The van der Waals surface area contributed by atoms with E-state index in [0.29, 0.717) is 23.5 Å². The van der Waals surface area contributed by atoms with Crippen molar-refractivity contribution in [2.45, 2.75) is 6.54 Å². The zero-order valence-corrected chi connectivity index (χ0v) is 18.4. The molecule has 7 heteroatoms. The van der Waals surface area contributed by atoms with Crippen molar-refractivity contribution in [3.63, 3.8) is 0 Å². The molecule has 3 aromatic carbocycles. The Bertz CT molecular complexity index is 1450. The molecule has 2 heterocycles. The van der Waals surface area contributed by atoms with E-state index in [0.717, 1.165) is 21.4 Å². The van der Waals surface area contributed by atoms with Crippen LogP contribution in [0.1, 0.15) is 11.1 Å². The number of aromatic nitrogens is 1. The highest BCUT2D eigenvalue weighted by Crippen LogP contribution is 2.28. The lowest BCUT2D eigenvalue weighted by Crippen LogP contribution is -2.54. The number of hydrogen-bond donors (Lipinski definition) is 1. The Morgan fingerprint density at radius 3 is 2.47 bits per heavy atom. The smallest absolute Gasteiger partial charge is 0.335 e. The number of nitrogens with one attached hydrogen (secondary N) is 1. The zero-order valence-electron chi connectivity index (χ0n) is 18.4. The lowest BCUT2D eigenvalue weighted by molar-refractivity contribution is -0.122. The van der Waals surface area contributed by atoms with Crippen LogP contribution in [0.15, 0.2) is 90.6 Å². The first-order valence-corrected chi connectivity index (χ1v) is 10.7. The fourth-order valence-electron chi connectivity index (χ4n) is 4.10. The first-order valence-electron chi connectivity index (χ1n) is 10.7. The third kappa shape index (κ3) is 3.84. The van der Waals surface area contributed by atoms with Gasteiger partial charge in [0.15, 0.2) is 0 Å². The van der Waals surface area contributed by atoms with Gasteiger partial charge in [-0.15, -0.1) is 0 Å². The molecule has 4 amide bonds. The minimum Gasteiger partial charge on any atom is -0.497 e. The van der Waals surface area contributed by atoms with E-state index < -0.39 is 17.8 Å². The van der Waals surface area contributed by atoms with Crippen molar-refractivity contribution in [3.05, 3.63) is 102 Å². The number of fused-ring (bicyclic) bond motifs is 1. The summed E-state index contributed by atoms with van der Waals surface area (Å²) in [5.41, 5.74) is 3.01. The Morgan fingerprint density at radius 1 is 0.912 bits per heavy atom. The summed E-state index contributed by atoms with van der Waals surface area (Å²) in [5, 5.41) is 3.17. The van der Waals surface area contributed by atoms with Gasteiger partial charge >= 0.3 is 6.03 Å². The second-order valence-electron chi connectivity index (χ2n) is 7.87. The number of imide groups is 2. The summed E-state index contributed by atoms with van der Waals surface area (Å²) in [5.74, 6) is -0.930. The molecule has 7 nitrogen and oxygen atoms in total. The number of nitrogens with zero attached hydrogens (tertiary/aromatic N) is 2. The zero-order chi connectivity index (χ0) is 23.7. The molecule has 1 aliphatic heterocycles. The van der Waals surface area contributed by atoms with Gasteiger partial charge < -0.3 is 9.30 Å². The molecule has 1 saturated heterocycles. The van der Waals surface area contributed by atoms with Crippen LogP contribution in [0.2, 0.25) is 0 Å². The first kappa shape index (κ1) is 21.2. The largest absolute Gasteiger partial charge is 0.497 e. The fraction of sp³-hybridized carbons (Fsp3) is 0.0741. The topological polar surface area (TPSA) is 80.6 Å². The fourth-order valence-corrected chi connectivity index (χ4v) is 4.10. The Morgan fingerprint density at radius 2 is 1.68 bits per heavy atom. The van der Waals surface area contributed by atoms with Crippen molar-refractivity contribution >= 4 is 40.5 Å². The molecule has 0 spiro atoms. The molecular weight excluding hydrogens is 430 g/mol. The molecule has 0 saturated carbocycles. The molecule has 0 unspecified atom stereocenters. The molecule has 5 rings (SSSR count). The SMILES string of the molecule is COc1cccc(N2C(=O)NC(=O)C(=Cc3cn(Cc4ccccc4)c4ccccc34)C2=O)c1. The molecule has 1 aromatic heterocycles. The maximum Gasteiger partial charge on any atom is 0.335 e. The van der Waals surface area contributed by atoms with Crippen LogP contribution < -0.4 is 15.0 Å². The minimum atomic E-state index is -0.799. The molecule has 34 heavy (non-hydrogen) atoms. The van der Waals surface area contributed by atoms with E-state index in [1.54, 1.807) is 30.3 Å². The average molecular weight is 451 g/mol. The molecule has 1 N–H and O–H groups in total. The van der Waals surface area contributed by atoms with Gasteiger partial charge in [0.25, 0.3) is 11.8 Å². The second kappa shape index (κ2) is 8.71. The monoisotopic (exact) mass is 451 g/mol. The molecule has 4 aromatic rings. The predicted octanol–water partition coefficient (Wildman–Crippen LogP) is 4.36. The van der Waals surface area contributed by atoms with Gasteiger partial charge in [-0.25, -0.2) is 9.69 Å². The van der Waals surface area contributed by atoms with E-state index in [1.807, 2.05) is 60.8 Å². The van der Waals surface area contributed by atoms with Gasteiger partial charge in [-0.05, 0) is 29.8 Å². The number of rotatable bonds is 5. The van der Waals surface area contributed by atoms with Crippen LogP contribution in [0.5, 0.6) is 5.75 Å². The van der Waals surface area contributed by atoms with E-state index in [9.17, 15) is 14.4 Å². The molecule has 1 fully saturated rings. The van der Waals surface area contributed by atoms with Gasteiger partial charge in [0.05, 0.1) is 12.8 Å². The quantitative estimate of drug-likeness (QED) is 0.361. The molecule has 1 aliphatic rings. The molecule has 0 radical (unpaired) electrons. The van der Waals surface area contributed by atoms with E-state index in [2.05, 4.69) is 9.88 Å². The van der Waals surface area contributed by atoms with Gasteiger partial charge in [-0.3, -0.25) is 14.9 Å². The van der Waals surface area contributed by atoms with E-state index in [1.165, 1.54) is 7.11 Å². The number of methoxy groups -OCH3 is 1. The number of para-hydroxylation sites is 1. The summed E-state index contributed by atoms with van der Waals surface area (Å²) in [6.07, 6.45) is 3.46. The Labute approximate surface area is 195 Å². The third-order valence-electron chi connectivity index (χ3n) is 5.73. The van der Waals surface area contributed by atoms with E-state index >= 15 is 0 Å². The normalized spacial score (nSPS) is 15.1. The number of amides is 4. The number of anilines is 1. The van der Waals surface area contributed by atoms with Crippen LogP contribution in [-0.2, 0) is 16.1 Å². The van der Waals surface area contributed by atoms with E-state index in [4.69, 9.17) is 4.74 Å². The Kier molecular flexibility index (Phi) is 5.43. The van der Waals surface area contributed by atoms with Crippen LogP contribution in [0.4, 0.5) is 10.5 Å². The lowest BCUT2D eigenvalue weighted by Gasteiger charge is -2.26. The highest BCUT2D eigenvalue weighted by molar-refractivity contribution is 6.39. The van der Waals surface area contributed by atoms with Gasteiger partial charge in [-0.2, -0.15) is 0 Å². The van der Waals surface area contributed by atoms with Gasteiger partial charge in [0.2, 0.25) is 0 Å². The number of urea groups is 1. The van der Waals surface area contributed by atoms with Crippen molar-refractivity contribution < 1.29 is 19.1 Å². The van der Waals surface area contributed by atoms with Crippen molar-refractivity contribution in [2.75, 3.05) is 12.0 Å². The summed E-state index contributed by atoms with van der Waals surface area (Å²) in [7, 11) is 1.50. The van der Waals surface area contributed by atoms with Crippen LogP contribution in [-0.4, -0.2) is 29.5 Å². The minimum absolute atomic E-state index is 0.120. The molecule has 0 aliphatic carbocycles. The lowest BCUT2D eigenvalue weighted by atomic mass is 10.1. The summed E-state index contributed by atoms with van der Waals surface area (Å²) < 4.78 is 7.28. The second-order valence-corrected chi connectivity index (χ2v) is 7.87. The van der Waals surface area contributed by atoms with Crippen molar-refractivity contribution in [3.8, 4) is 5.75 Å². The number of hydrogen-bond acceptors (Lipinski definition) is 4. The highest BCUT2D eigenvalue weighted by Gasteiger charge is 2.37. The maximum absolute atomic E-state index is 13.3. The average Bonchev–Trinajstić information content (AvgIpc) is 3.19. The first-order chi connectivity index (χ1) is 16.5. The third-order valence-corrected chi connectivity index (χ3v) is 5.73. The van der Waals surface area contributed by atoms with Crippen LogP contribution in [0, 0.1) is 0 Å². The number of ether oxygens (including phenoxy) is 1. The van der Waals surface area contributed by atoms with E-state index in [-0.39, 0.29) is 5.57 Å². The van der Waals surface area contributed by atoms with Gasteiger partial charge in [0.1, 0.15) is 11.3 Å². The Balaban J connectivity index is 1.57. The van der Waals surface area contributed by atoms with Crippen molar-refractivity contribution in [1.29, 1.82) is 0 Å². The van der Waals surface area contributed by atoms with Crippen molar-refractivity contribution in [1.82, 2.24) is 9.88 Å². The molecule has 0 bridgehead atoms. The number of carbonyl (C=O) groups excluding carboxylic acids is 3. The number of benzene rings is 3. The maximum atomic E-state index is 13.3. The number of barbiturate groups is 1. The Hall–Kier alpha value is -4.65. The summed E-state index contributed by atoms with van der Waals surface area (Å²) in [6, 6.07) is 23.6. The van der Waals surface area contributed by atoms with Crippen LogP contribution in [0.25, 0.3) is 17.0 Å². The predicted molar refractivity (Wildman–Crippen MR) is 129 cm³/mol. The van der Waals surface area contributed by atoms with Gasteiger partial charge in [-0.1, -0.05) is 54.6 Å². The number of carbonyl (C=O) groups is 3. The van der Waals surface area contributed by atoms with Crippen LogP contribution in [0.3, 0.4) is 0 Å². The van der Waals surface area contributed by atoms with Gasteiger partial charge in [0, 0.05) is 35.3 Å². The highest BCUT2D eigenvalue weighted by atomic mass is 16.5. The summed E-state index contributed by atoms with van der Waals surface area (Å²) in [6.45, 7) is 0.638. The summed E-state index contributed by atoms with van der Waals surface area (Å²) >= 11 is 0. The standard InChI is InChI=1S/C27H21N3O4/c1-34-21-11-7-10-20(15-21)30-26(32)23(25(31)28-27(30)33)14-19-17-29(16-18-8-3-2-4-9-18)24-13-6-5-12-22(19)24/h2-15,17H,16H2,1H3,(H,28,31,33). The molecular formula is C27H21N3O4. The molecule has 168 valence electrons.